The van der Waals surface area contributed by atoms with Crippen molar-refractivity contribution < 1.29 is 14.4 Å². The van der Waals surface area contributed by atoms with E-state index < -0.39 is 5.54 Å². The van der Waals surface area contributed by atoms with Crippen molar-refractivity contribution in [3.8, 4) is 0 Å². The number of nitrogens with zero attached hydrogens (tertiary/aromatic N) is 3. The number of nitrogens with one attached hydrogen (secondary N) is 1. The fourth-order valence-electron chi connectivity index (χ4n) is 4.45. The molecule has 0 radical (unpaired) electrons. The van der Waals surface area contributed by atoms with Gasteiger partial charge in [-0.05, 0) is 42.8 Å². The topological polar surface area (TPSA) is 73.0 Å². The first-order valence-corrected chi connectivity index (χ1v) is 11.6. The van der Waals surface area contributed by atoms with Crippen LogP contribution in [0.15, 0.2) is 47.8 Å². The normalized spacial score (nSPS) is 18.0. The SMILES string of the molecule is CCCNC(=O)CN1CN(c2ccccc2)C2(CCN(C(=O)c3cccs3)CC2)C1=O. The molecule has 2 saturated heterocycles. The summed E-state index contributed by atoms with van der Waals surface area (Å²) >= 11 is 1.44. The number of rotatable bonds is 6. The first-order valence-electron chi connectivity index (χ1n) is 10.8. The molecule has 2 aliphatic rings. The van der Waals surface area contributed by atoms with E-state index in [0.717, 1.165) is 17.0 Å². The lowest BCUT2D eigenvalue weighted by atomic mass is 9.85. The maximum absolute atomic E-state index is 13.6. The minimum absolute atomic E-state index is 0.0220. The fraction of sp³-hybridized carbons (Fsp3) is 0.435. The molecule has 3 heterocycles. The Morgan fingerprint density at radius 1 is 1.10 bits per heavy atom. The Morgan fingerprint density at radius 3 is 2.48 bits per heavy atom. The Kier molecular flexibility index (Phi) is 6.27. The van der Waals surface area contributed by atoms with Crippen LogP contribution >= 0.6 is 11.3 Å². The van der Waals surface area contributed by atoms with Crippen molar-refractivity contribution in [2.75, 3.05) is 37.7 Å². The molecular weight excluding hydrogens is 412 g/mol. The number of anilines is 1. The highest BCUT2D eigenvalue weighted by atomic mass is 32.1. The van der Waals surface area contributed by atoms with Crippen LogP contribution in [0.25, 0.3) is 0 Å². The molecule has 2 aromatic rings. The summed E-state index contributed by atoms with van der Waals surface area (Å²) in [6.07, 6.45) is 1.95. The van der Waals surface area contributed by atoms with Crippen LogP contribution in [0.4, 0.5) is 5.69 Å². The second-order valence-corrected chi connectivity index (χ2v) is 9.01. The van der Waals surface area contributed by atoms with Gasteiger partial charge in [-0.1, -0.05) is 31.2 Å². The molecule has 0 unspecified atom stereocenters. The zero-order valence-corrected chi connectivity index (χ0v) is 18.6. The van der Waals surface area contributed by atoms with E-state index in [1.165, 1.54) is 11.3 Å². The molecule has 1 aromatic heterocycles. The van der Waals surface area contributed by atoms with Crippen molar-refractivity contribution in [3.63, 3.8) is 0 Å². The molecular formula is C23H28N4O3S. The van der Waals surface area contributed by atoms with Crippen LogP contribution < -0.4 is 10.2 Å². The number of carbonyl (C=O) groups is 3. The highest BCUT2D eigenvalue weighted by molar-refractivity contribution is 7.12. The van der Waals surface area contributed by atoms with Gasteiger partial charge in [-0.15, -0.1) is 11.3 Å². The first kappa shape index (κ1) is 21.4. The van der Waals surface area contributed by atoms with Gasteiger partial charge in [-0.3, -0.25) is 14.4 Å². The van der Waals surface area contributed by atoms with Crippen LogP contribution in [0, 0.1) is 0 Å². The summed E-state index contributed by atoms with van der Waals surface area (Å²) in [7, 11) is 0. The molecule has 1 N–H and O–H groups in total. The number of para-hydroxylation sites is 1. The molecule has 8 heteroatoms. The van der Waals surface area contributed by atoms with E-state index in [4.69, 9.17) is 0 Å². The average molecular weight is 441 g/mol. The van der Waals surface area contributed by atoms with Crippen molar-refractivity contribution in [2.24, 2.45) is 0 Å². The summed E-state index contributed by atoms with van der Waals surface area (Å²) in [5.74, 6) is -0.130. The third kappa shape index (κ3) is 4.17. The molecule has 2 fully saturated rings. The van der Waals surface area contributed by atoms with Crippen molar-refractivity contribution in [1.29, 1.82) is 0 Å². The van der Waals surface area contributed by atoms with E-state index in [2.05, 4.69) is 10.2 Å². The maximum atomic E-state index is 13.6. The molecule has 164 valence electrons. The standard InChI is InChI=1S/C23H28N4O3S/c1-2-12-24-20(28)16-26-17-27(18-7-4-3-5-8-18)23(22(26)30)10-13-25(14-11-23)21(29)19-9-6-15-31-19/h3-9,15H,2,10-14,16-17H2,1H3,(H,24,28). The predicted molar refractivity (Wildman–Crippen MR) is 121 cm³/mol. The van der Waals surface area contributed by atoms with Crippen molar-refractivity contribution in [2.45, 2.75) is 31.7 Å². The van der Waals surface area contributed by atoms with Gasteiger partial charge in [-0.2, -0.15) is 0 Å². The Hall–Kier alpha value is -2.87. The molecule has 7 nitrogen and oxygen atoms in total. The Balaban J connectivity index is 1.54. The Labute approximate surface area is 186 Å². The van der Waals surface area contributed by atoms with Gasteiger partial charge < -0.3 is 20.0 Å². The summed E-state index contributed by atoms with van der Waals surface area (Å²) in [4.78, 5) is 45.0. The zero-order chi connectivity index (χ0) is 21.8. The molecule has 0 bridgehead atoms. The van der Waals surface area contributed by atoms with E-state index in [1.54, 1.807) is 4.90 Å². The number of benzene rings is 1. The van der Waals surface area contributed by atoms with Crippen LogP contribution in [0.3, 0.4) is 0 Å². The van der Waals surface area contributed by atoms with Crippen LogP contribution in [-0.2, 0) is 9.59 Å². The number of hydrogen-bond donors (Lipinski definition) is 1. The van der Waals surface area contributed by atoms with Gasteiger partial charge in [0.2, 0.25) is 5.91 Å². The largest absolute Gasteiger partial charge is 0.355 e. The maximum Gasteiger partial charge on any atom is 0.263 e. The summed E-state index contributed by atoms with van der Waals surface area (Å²) in [5, 5.41) is 4.76. The van der Waals surface area contributed by atoms with Crippen molar-refractivity contribution >= 4 is 34.7 Å². The van der Waals surface area contributed by atoms with Gasteiger partial charge in [-0.25, -0.2) is 0 Å². The number of amides is 3. The summed E-state index contributed by atoms with van der Waals surface area (Å²) < 4.78 is 0. The van der Waals surface area contributed by atoms with Gasteiger partial charge in [0, 0.05) is 25.3 Å². The number of likely N-dealkylation sites (tertiary alicyclic amines) is 1. The van der Waals surface area contributed by atoms with Crippen LogP contribution in [0.5, 0.6) is 0 Å². The number of thiophene rings is 1. The number of hydrogen-bond acceptors (Lipinski definition) is 5. The van der Waals surface area contributed by atoms with Gasteiger partial charge >= 0.3 is 0 Å². The quantitative estimate of drug-likeness (QED) is 0.749. The van der Waals surface area contributed by atoms with Gasteiger partial charge in [0.25, 0.3) is 11.8 Å². The molecule has 3 amide bonds. The van der Waals surface area contributed by atoms with Gasteiger partial charge in [0.1, 0.15) is 12.1 Å². The minimum atomic E-state index is -0.724. The smallest absolute Gasteiger partial charge is 0.263 e. The van der Waals surface area contributed by atoms with Crippen LogP contribution in [-0.4, -0.2) is 65.9 Å². The molecule has 4 rings (SSSR count). The molecule has 2 aliphatic heterocycles. The minimum Gasteiger partial charge on any atom is -0.355 e. The predicted octanol–water partition coefficient (Wildman–Crippen LogP) is 2.56. The Bertz CT molecular complexity index is 924. The summed E-state index contributed by atoms with van der Waals surface area (Å²) in [6, 6.07) is 13.6. The third-order valence-corrected chi connectivity index (χ3v) is 6.96. The second kappa shape index (κ2) is 9.09. The Morgan fingerprint density at radius 2 is 1.84 bits per heavy atom. The number of carbonyl (C=O) groups excluding carboxylic acids is 3. The zero-order valence-electron chi connectivity index (χ0n) is 17.8. The van der Waals surface area contributed by atoms with E-state index in [0.29, 0.717) is 39.1 Å². The van der Waals surface area contributed by atoms with Crippen LogP contribution in [0.1, 0.15) is 35.9 Å². The lowest BCUT2D eigenvalue weighted by molar-refractivity contribution is -0.137. The van der Waals surface area contributed by atoms with Crippen molar-refractivity contribution in [1.82, 2.24) is 15.1 Å². The van der Waals surface area contributed by atoms with E-state index in [-0.39, 0.29) is 24.3 Å². The lowest BCUT2D eigenvalue weighted by Crippen LogP contribution is -2.57. The highest BCUT2D eigenvalue weighted by Crippen LogP contribution is 2.39. The van der Waals surface area contributed by atoms with E-state index in [9.17, 15) is 14.4 Å². The molecule has 0 saturated carbocycles. The first-order chi connectivity index (χ1) is 15.0. The monoisotopic (exact) mass is 440 g/mol. The average Bonchev–Trinajstić information content (AvgIpc) is 3.42. The number of piperidine rings is 1. The summed E-state index contributed by atoms with van der Waals surface area (Å²) in [6.45, 7) is 4.07. The molecule has 1 aromatic carbocycles. The molecule has 31 heavy (non-hydrogen) atoms. The third-order valence-electron chi connectivity index (χ3n) is 6.10. The van der Waals surface area contributed by atoms with Crippen LogP contribution in [0.2, 0.25) is 0 Å². The van der Waals surface area contributed by atoms with Crippen molar-refractivity contribution in [3.05, 3.63) is 52.7 Å². The van der Waals surface area contributed by atoms with E-state index >= 15 is 0 Å². The molecule has 0 atom stereocenters. The summed E-state index contributed by atoms with van der Waals surface area (Å²) in [5.41, 5.74) is 0.240. The highest BCUT2D eigenvalue weighted by Gasteiger charge is 2.54. The molecule has 1 spiro atoms. The lowest BCUT2D eigenvalue weighted by Gasteiger charge is -2.43. The van der Waals surface area contributed by atoms with E-state index in [1.807, 2.05) is 59.7 Å². The second-order valence-electron chi connectivity index (χ2n) is 8.06. The van der Waals surface area contributed by atoms with Gasteiger partial charge in [0.15, 0.2) is 0 Å². The fourth-order valence-corrected chi connectivity index (χ4v) is 5.14. The van der Waals surface area contributed by atoms with Gasteiger partial charge in [0.05, 0.1) is 11.5 Å². The molecule has 0 aliphatic carbocycles.